The predicted molar refractivity (Wildman–Crippen MR) is 101 cm³/mol. The number of aromatic nitrogens is 3. The SMILES string of the molecule is COc1ccc(-c2cn3cccnc3n2)cc1NC(=O)/C=C/c1ccco1. The number of fused-ring (bicyclic) bond motifs is 1. The minimum atomic E-state index is -0.293. The van der Waals surface area contributed by atoms with E-state index in [0.29, 0.717) is 23.0 Å². The lowest BCUT2D eigenvalue weighted by Gasteiger charge is -2.10. The van der Waals surface area contributed by atoms with Gasteiger partial charge in [-0.2, -0.15) is 0 Å². The highest BCUT2D eigenvalue weighted by molar-refractivity contribution is 6.03. The van der Waals surface area contributed by atoms with Gasteiger partial charge >= 0.3 is 0 Å². The standard InChI is InChI=1S/C20H16N4O3/c1-26-18-7-5-14(17-13-24-10-3-9-21-20(24)23-17)12-16(18)22-19(25)8-6-15-4-2-11-27-15/h2-13H,1H3,(H,22,25)/b8-6+. The number of carbonyl (C=O) groups excluding carboxylic acids is 1. The number of anilines is 1. The Labute approximate surface area is 154 Å². The van der Waals surface area contributed by atoms with E-state index in [1.165, 1.54) is 6.08 Å². The van der Waals surface area contributed by atoms with Gasteiger partial charge in [-0.3, -0.25) is 9.20 Å². The normalized spacial score (nSPS) is 11.1. The Morgan fingerprint density at radius 1 is 1.30 bits per heavy atom. The van der Waals surface area contributed by atoms with Crippen molar-refractivity contribution in [2.45, 2.75) is 0 Å². The average molecular weight is 360 g/mol. The first-order chi connectivity index (χ1) is 13.2. The molecule has 0 aliphatic rings. The van der Waals surface area contributed by atoms with Gasteiger partial charge in [-0.1, -0.05) is 0 Å². The van der Waals surface area contributed by atoms with Crippen LogP contribution in [0.2, 0.25) is 0 Å². The Balaban J connectivity index is 1.61. The molecule has 0 spiro atoms. The predicted octanol–water partition coefficient (Wildman–Crippen LogP) is 3.65. The molecule has 27 heavy (non-hydrogen) atoms. The van der Waals surface area contributed by atoms with Crippen molar-refractivity contribution in [3.8, 4) is 17.0 Å². The zero-order chi connectivity index (χ0) is 18.6. The summed E-state index contributed by atoms with van der Waals surface area (Å²) >= 11 is 0. The smallest absolute Gasteiger partial charge is 0.248 e. The second-order valence-electron chi connectivity index (χ2n) is 5.71. The highest BCUT2D eigenvalue weighted by atomic mass is 16.5. The number of amides is 1. The molecule has 0 bridgehead atoms. The first-order valence-electron chi connectivity index (χ1n) is 8.23. The Hall–Kier alpha value is -3.87. The maximum Gasteiger partial charge on any atom is 0.248 e. The highest BCUT2D eigenvalue weighted by Crippen LogP contribution is 2.30. The van der Waals surface area contributed by atoms with E-state index in [2.05, 4.69) is 15.3 Å². The lowest BCUT2D eigenvalue weighted by atomic mass is 10.1. The number of furan rings is 1. The van der Waals surface area contributed by atoms with Gasteiger partial charge in [0.15, 0.2) is 0 Å². The molecule has 0 aliphatic carbocycles. The summed E-state index contributed by atoms with van der Waals surface area (Å²) in [7, 11) is 1.55. The van der Waals surface area contributed by atoms with Gasteiger partial charge in [0.25, 0.3) is 0 Å². The molecule has 7 heteroatoms. The first kappa shape index (κ1) is 16.6. The number of benzene rings is 1. The van der Waals surface area contributed by atoms with E-state index in [-0.39, 0.29) is 5.91 Å². The molecule has 134 valence electrons. The molecule has 1 N–H and O–H groups in total. The molecule has 3 heterocycles. The number of nitrogens with zero attached hydrogens (tertiary/aromatic N) is 3. The van der Waals surface area contributed by atoms with Crippen LogP contribution in [0, 0.1) is 0 Å². The quantitative estimate of drug-likeness (QED) is 0.550. The number of imidazole rings is 1. The molecule has 4 rings (SSSR count). The van der Waals surface area contributed by atoms with Crippen molar-refractivity contribution in [2.75, 3.05) is 12.4 Å². The molecule has 0 unspecified atom stereocenters. The monoisotopic (exact) mass is 360 g/mol. The fourth-order valence-electron chi connectivity index (χ4n) is 2.65. The molecule has 0 atom stereocenters. The maximum atomic E-state index is 12.2. The van der Waals surface area contributed by atoms with E-state index in [9.17, 15) is 4.79 Å². The molecule has 7 nitrogen and oxygen atoms in total. The van der Waals surface area contributed by atoms with Gasteiger partial charge in [0.1, 0.15) is 11.5 Å². The topological polar surface area (TPSA) is 81.7 Å². The summed E-state index contributed by atoms with van der Waals surface area (Å²) in [6.45, 7) is 0. The van der Waals surface area contributed by atoms with Crippen LogP contribution in [0.15, 0.2) is 71.7 Å². The van der Waals surface area contributed by atoms with Crippen molar-refractivity contribution in [3.63, 3.8) is 0 Å². The second-order valence-corrected chi connectivity index (χ2v) is 5.71. The van der Waals surface area contributed by atoms with Crippen molar-refractivity contribution >= 4 is 23.4 Å². The third kappa shape index (κ3) is 3.57. The summed E-state index contributed by atoms with van der Waals surface area (Å²) in [6, 6.07) is 10.9. The fourth-order valence-corrected chi connectivity index (χ4v) is 2.65. The number of ether oxygens (including phenoxy) is 1. The zero-order valence-corrected chi connectivity index (χ0v) is 14.5. The van der Waals surface area contributed by atoms with E-state index in [0.717, 1.165) is 11.3 Å². The van der Waals surface area contributed by atoms with Crippen molar-refractivity contribution in [1.82, 2.24) is 14.4 Å². The number of methoxy groups -OCH3 is 1. The van der Waals surface area contributed by atoms with Crippen LogP contribution >= 0.6 is 0 Å². The van der Waals surface area contributed by atoms with Gasteiger partial charge in [0.2, 0.25) is 11.7 Å². The largest absolute Gasteiger partial charge is 0.495 e. The minimum Gasteiger partial charge on any atom is -0.495 e. The second kappa shape index (κ2) is 7.17. The van der Waals surface area contributed by atoms with E-state index >= 15 is 0 Å². The summed E-state index contributed by atoms with van der Waals surface area (Å²) < 4.78 is 12.4. The number of hydrogen-bond donors (Lipinski definition) is 1. The summed E-state index contributed by atoms with van der Waals surface area (Å²) in [4.78, 5) is 21.0. The van der Waals surface area contributed by atoms with Crippen LogP contribution in [0.5, 0.6) is 5.75 Å². The molecule has 1 amide bonds. The molecule has 0 aliphatic heterocycles. The lowest BCUT2D eigenvalue weighted by molar-refractivity contribution is -0.111. The highest BCUT2D eigenvalue weighted by Gasteiger charge is 2.11. The van der Waals surface area contributed by atoms with Crippen molar-refractivity contribution in [3.05, 3.63) is 73.1 Å². The van der Waals surface area contributed by atoms with Gasteiger partial charge in [-0.25, -0.2) is 9.97 Å². The van der Waals surface area contributed by atoms with Gasteiger partial charge < -0.3 is 14.5 Å². The van der Waals surface area contributed by atoms with Crippen molar-refractivity contribution in [1.29, 1.82) is 0 Å². The molecule has 3 aromatic heterocycles. The Kier molecular flexibility index (Phi) is 4.40. The van der Waals surface area contributed by atoms with Gasteiger partial charge in [0.05, 0.1) is 24.8 Å². The number of hydrogen-bond acceptors (Lipinski definition) is 5. The third-order valence-corrected chi connectivity index (χ3v) is 3.93. The molecule has 0 saturated heterocycles. The molecular weight excluding hydrogens is 344 g/mol. The van der Waals surface area contributed by atoms with Gasteiger partial charge in [0, 0.05) is 30.2 Å². The third-order valence-electron chi connectivity index (χ3n) is 3.93. The van der Waals surface area contributed by atoms with Crippen LogP contribution in [-0.2, 0) is 4.79 Å². The Bertz CT molecular complexity index is 1080. The Morgan fingerprint density at radius 3 is 3.00 bits per heavy atom. The maximum absolute atomic E-state index is 12.2. The Morgan fingerprint density at radius 2 is 2.22 bits per heavy atom. The van der Waals surface area contributed by atoms with Crippen molar-refractivity contribution in [2.24, 2.45) is 0 Å². The van der Waals surface area contributed by atoms with Crippen LogP contribution in [0.25, 0.3) is 23.1 Å². The molecule has 0 saturated carbocycles. The molecule has 0 radical (unpaired) electrons. The van der Waals surface area contributed by atoms with E-state index in [1.54, 1.807) is 43.8 Å². The summed E-state index contributed by atoms with van der Waals surface area (Å²) in [5.74, 6) is 1.47. The summed E-state index contributed by atoms with van der Waals surface area (Å²) in [5, 5.41) is 2.83. The lowest BCUT2D eigenvalue weighted by Crippen LogP contribution is -2.09. The van der Waals surface area contributed by atoms with Gasteiger partial charge in [-0.05, 0) is 42.5 Å². The fraction of sp³-hybridized carbons (Fsp3) is 0.0500. The van der Waals surface area contributed by atoms with Crippen molar-refractivity contribution < 1.29 is 13.9 Å². The number of carbonyl (C=O) groups is 1. The zero-order valence-electron chi connectivity index (χ0n) is 14.5. The minimum absolute atomic E-state index is 0.293. The van der Waals surface area contributed by atoms with E-state index < -0.39 is 0 Å². The van der Waals surface area contributed by atoms with Gasteiger partial charge in [-0.15, -0.1) is 0 Å². The molecule has 4 aromatic rings. The number of nitrogens with one attached hydrogen (secondary N) is 1. The molecule has 0 fully saturated rings. The van der Waals surface area contributed by atoms with Crippen LogP contribution in [0.4, 0.5) is 5.69 Å². The van der Waals surface area contributed by atoms with Crippen LogP contribution in [0.1, 0.15) is 5.76 Å². The van der Waals surface area contributed by atoms with Crippen LogP contribution in [0.3, 0.4) is 0 Å². The van der Waals surface area contributed by atoms with E-state index in [4.69, 9.17) is 9.15 Å². The molecule has 1 aromatic carbocycles. The van der Waals surface area contributed by atoms with Crippen LogP contribution in [-0.4, -0.2) is 27.4 Å². The first-order valence-corrected chi connectivity index (χ1v) is 8.23. The van der Waals surface area contributed by atoms with Crippen LogP contribution < -0.4 is 10.1 Å². The van der Waals surface area contributed by atoms with E-state index in [1.807, 2.05) is 35.0 Å². The molecular formula is C20H16N4O3. The number of rotatable bonds is 5. The summed E-state index contributed by atoms with van der Waals surface area (Å²) in [6.07, 6.45) is 10.0. The summed E-state index contributed by atoms with van der Waals surface area (Å²) in [5.41, 5.74) is 2.14. The average Bonchev–Trinajstić information content (AvgIpc) is 3.35.